The summed E-state index contributed by atoms with van der Waals surface area (Å²) in [5, 5.41) is 2.63. The van der Waals surface area contributed by atoms with Gasteiger partial charge in [0, 0.05) is 6.54 Å². The molecule has 0 saturated heterocycles. The van der Waals surface area contributed by atoms with Crippen molar-refractivity contribution >= 4 is 21.6 Å². The molecule has 38 heavy (non-hydrogen) atoms. The molecule has 0 saturated carbocycles. The Hall–Kier alpha value is -3.73. The monoisotopic (exact) mass is 550 g/mol. The van der Waals surface area contributed by atoms with Crippen molar-refractivity contribution in [3.63, 3.8) is 0 Å². The van der Waals surface area contributed by atoms with Crippen molar-refractivity contribution in [3.8, 4) is 11.5 Å². The van der Waals surface area contributed by atoms with Crippen molar-refractivity contribution in [3.05, 3.63) is 83.4 Å². The summed E-state index contributed by atoms with van der Waals surface area (Å²) in [5.41, 5.74) is 0.152. The molecule has 7 nitrogen and oxygen atoms in total. The number of nitrogens with zero attached hydrogens (tertiary/aromatic N) is 1. The van der Waals surface area contributed by atoms with E-state index in [0.717, 1.165) is 17.7 Å². The van der Waals surface area contributed by atoms with Crippen LogP contribution in [0.15, 0.2) is 71.6 Å². The molecule has 0 unspecified atom stereocenters. The van der Waals surface area contributed by atoms with Gasteiger partial charge in [-0.1, -0.05) is 29.8 Å². The van der Waals surface area contributed by atoms with Crippen LogP contribution >= 0.6 is 0 Å². The van der Waals surface area contributed by atoms with E-state index in [1.165, 1.54) is 18.2 Å². The lowest BCUT2D eigenvalue weighted by atomic mass is 10.2. The second-order valence-corrected chi connectivity index (χ2v) is 10.2. The van der Waals surface area contributed by atoms with Gasteiger partial charge in [0.2, 0.25) is 5.91 Å². The molecule has 0 aliphatic rings. The Labute approximate surface area is 220 Å². The molecule has 0 heterocycles. The fourth-order valence-electron chi connectivity index (χ4n) is 3.58. The molecule has 0 aromatic heterocycles. The topological polar surface area (TPSA) is 84.9 Å². The Bertz CT molecular complexity index is 1360. The number of hydrogen-bond acceptors (Lipinski definition) is 5. The number of sulfonamides is 1. The molecule has 11 heteroatoms. The van der Waals surface area contributed by atoms with E-state index in [1.54, 1.807) is 37.3 Å². The molecular weight excluding hydrogens is 521 g/mol. The van der Waals surface area contributed by atoms with Crippen LogP contribution in [-0.4, -0.2) is 34.1 Å². The molecule has 0 atom stereocenters. The molecule has 204 valence electrons. The summed E-state index contributed by atoms with van der Waals surface area (Å²) in [5.74, 6) is 0.336. The van der Waals surface area contributed by atoms with Gasteiger partial charge in [-0.2, -0.15) is 13.2 Å². The quantitative estimate of drug-likeness (QED) is 0.349. The number of ether oxygens (including phenoxy) is 2. The maximum Gasteiger partial charge on any atom is 0.416 e. The van der Waals surface area contributed by atoms with Gasteiger partial charge in [-0.3, -0.25) is 9.10 Å². The van der Waals surface area contributed by atoms with Crippen molar-refractivity contribution < 1.29 is 35.9 Å². The second-order valence-electron chi connectivity index (χ2n) is 8.30. The van der Waals surface area contributed by atoms with E-state index in [2.05, 4.69) is 5.32 Å². The second kappa shape index (κ2) is 12.2. The smallest absolute Gasteiger partial charge is 0.416 e. The van der Waals surface area contributed by atoms with Gasteiger partial charge in [-0.15, -0.1) is 0 Å². The molecule has 3 rings (SSSR count). The number of carbonyl (C=O) groups is 1. The Morgan fingerprint density at radius 3 is 2.21 bits per heavy atom. The van der Waals surface area contributed by atoms with Crippen LogP contribution in [0, 0.1) is 6.92 Å². The molecule has 0 spiro atoms. The minimum atomic E-state index is -4.69. The summed E-state index contributed by atoms with van der Waals surface area (Å²) in [6.07, 6.45) is -4.69. The normalized spacial score (nSPS) is 11.6. The van der Waals surface area contributed by atoms with E-state index in [4.69, 9.17) is 9.47 Å². The van der Waals surface area contributed by atoms with Gasteiger partial charge in [-0.05, 0) is 68.8 Å². The molecule has 3 aromatic rings. The van der Waals surface area contributed by atoms with Gasteiger partial charge in [-0.25, -0.2) is 8.42 Å². The highest BCUT2D eigenvalue weighted by molar-refractivity contribution is 7.92. The highest BCUT2D eigenvalue weighted by atomic mass is 32.2. The predicted molar refractivity (Wildman–Crippen MR) is 138 cm³/mol. The third-order valence-corrected chi connectivity index (χ3v) is 7.24. The summed E-state index contributed by atoms with van der Waals surface area (Å²) >= 11 is 0. The highest BCUT2D eigenvalue weighted by Gasteiger charge is 2.33. The Kier molecular flexibility index (Phi) is 9.26. The summed E-state index contributed by atoms with van der Waals surface area (Å²) < 4.78 is 78.8. The number of carbonyl (C=O) groups excluding carboxylic acids is 1. The van der Waals surface area contributed by atoms with E-state index in [9.17, 15) is 26.4 Å². The SMILES string of the molecule is CCOc1ccc(CNC(=O)CN(c2cccc(C(F)(F)F)c2)S(=O)(=O)c2ccc(C)cc2)cc1OCC. The number of benzene rings is 3. The summed E-state index contributed by atoms with van der Waals surface area (Å²) in [7, 11) is -4.37. The minimum Gasteiger partial charge on any atom is -0.490 e. The molecular formula is C27H29F3N2O5S. The number of nitrogens with one attached hydrogen (secondary N) is 1. The minimum absolute atomic E-state index is 0.0341. The average Bonchev–Trinajstić information content (AvgIpc) is 2.87. The zero-order valence-corrected chi connectivity index (χ0v) is 22.0. The molecule has 0 bridgehead atoms. The molecule has 0 fully saturated rings. The number of aryl methyl sites for hydroxylation is 1. The van der Waals surface area contributed by atoms with Gasteiger partial charge >= 0.3 is 6.18 Å². The van der Waals surface area contributed by atoms with E-state index in [1.807, 2.05) is 13.8 Å². The van der Waals surface area contributed by atoms with Gasteiger partial charge in [0.1, 0.15) is 6.54 Å². The Morgan fingerprint density at radius 1 is 0.921 bits per heavy atom. The van der Waals surface area contributed by atoms with Gasteiger partial charge in [0.15, 0.2) is 11.5 Å². The number of amides is 1. The first-order valence-corrected chi connectivity index (χ1v) is 13.3. The van der Waals surface area contributed by atoms with E-state index >= 15 is 0 Å². The molecule has 0 radical (unpaired) electrons. The standard InChI is InChI=1S/C27H29F3N2O5S/c1-4-36-24-14-11-20(15-25(24)37-5-2)17-31-26(33)18-32(22-8-6-7-21(16-22)27(28,29)30)38(34,35)23-12-9-19(3)10-13-23/h6-16H,4-5,17-18H2,1-3H3,(H,31,33). The summed E-state index contributed by atoms with van der Waals surface area (Å²) in [6.45, 7) is 5.58. The van der Waals surface area contributed by atoms with Crippen LogP contribution in [-0.2, 0) is 27.5 Å². The van der Waals surface area contributed by atoms with E-state index in [0.29, 0.717) is 40.6 Å². The van der Waals surface area contributed by atoms with Crippen molar-refractivity contribution in [2.75, 3.05) is 24.1 Å². The van der Waals surface area contributed by atoms with Crippen molar-refractivity contribution in [2.24, 2.45) is 0 Å². The first-order chi connectivity index (χ1) is 18.0. The number of alkyl halides is 3. The van der Waals surface area contributed by atoms with Crippen molar-refractivity contribution in [1.82, 2.24) is 5.32 Å². The first kappa shape index (κ1) is 28.8. The van der Waals surface area contributed by atoms with Crippen LogP contribution in [0.4, 0.5) is 18.9 Å². The van der Waals surface area contributed by atoms with Crippen molar-refractivity contribution in [2.45, 2.75) is 38.4 Å². The summed E-state index contributed by atoms with van der Waals surface area (Å²) in [4.78, 5) is 12.7. The third kappa shape index (κ3) is 7.18. The third-order valence-electron chi connectivity index (χ3n) is 5.46. The predicted octanol–water partition coefficient (Wildman–Crippen LogP) is 5.32. The van der Waals surface area contributed by atoms with Crippen molar-refractivity contribution in [1.29, 1.82) is 0 Å². The van der Waals surface area contributed by atoms with Crippen LogP contribution in [0.25, 0.3) is 0 Å². The molecule has 1 amide bonds. The van der Waals surface area contributed by atoms with E-state index < -0.39 is 34.2 Å². The first-order valence-electron chi connectivity index (χ1n) is 11.9. The fourth-order valence-corrected chi connectivity index (χ4v) is 5.00. The van der Waals surface area contributed by atoms with Gasteiger partial charge in [0.25, 0.3) is 10.0 Å². The van der Waals surface area contributed by atoms with Crippen LogP contribution in [0.5, 0.6) is 11.5 Å². The molecule has 1 N–H and O–H groups in total. The lowest BCUT2D eigenvalue weighted by Crippen LogP contribution is -2.40. The van der Waals surface area contributed by atoms with Crippen LogP contribution < -0.4 is 19.1 Å². The Morgan fingerprint density at radius 2 is 1.58 bits per heavy atom. The maximum atomic E-state index is 13.5. The number of halogens is 3. The zero-order valence-electron chi connectivity index (χ0n) is 21.2. The maximum absolute atomic E-state index is 13.5. The largest absolute Gasteiger partial charge is 0.490 e. The highest BCUT2D eigenvalue weighted by Crippen LogP contribution is 2.33. The zero-order chi connectivity index (χ0) is 27.9. The molecule has 3 aromatic carbocycles. The fraction of sp³-hybridized carbons (Fsp3) is 0.296. The summed E-state index contributed by atoms with van der Waals surface area (Å²) in [6, 6.07) is 14.8. The lowest BCUT2D eigenvalue weighted by molar-refractivity contribution is -0.137. The number of rotatable bonds is 11. The molecule has 0 aliphatic carbocycles. The average molecular weight is 551 g/mol. The van der Waals surface area contributed by atoms with Crippen LogP contribution in [0.2, 0.25) is 0 Å². The number of hydrogen-bond donors (Lipinski definition) is 1. The Balaban J connectivity index is 1.88. The van der Waals surface area contributed by atoms with Gasteiger partial charge in [0.05, 0.1) is 29.4 Å². The van der Waals surface area contributed by atoms with E-state index in [-0.39, 0.29) is 17.1 Å². The number of anilines is 1. The molecule has 0 aliphatic heterocycles. The van der Waals surface area contributed by atoms with Crippen LogP contribution in [0.1, 0.15) is 30.5 Å². The van der Waals surface area contributed by atoms with Gasteiger partial charge < -0.3 is 14.8 Å². The lowest BCUT2D eigenvalue weighted by Gasteiger charge is -2.25. The van der Waals surface area contributed by atoms with Crippen LogP contribution in [0.3, 0.4) is 0 Å².